The van der Waals surface area contributed by atoms with E-state index < -0.39 is 12.3 Å². The van der Waals surface area contributed by atoms with Crippen LogP contribution in [0.3, 0.4) is 0 Å². The number of halogens is 2. The van der Waals surface area contributed by atoms with Crippen molar-refractivity contribution in [3.63, 3.8) is 0 Å². The first-order chi connectivity index (χ1) is 15.7. The topological polar surface area (TPSA) is 60.0 Å². The first-order valence-corrected chi connectivity index (χ1v) is 10.7. The summed E-state index contributed by atoms with van der Waals surface area (Å²) in [7, 11) is 2.90. The summed E-state index contributed by atoms with van der Waals surface area (Å²) in [5, 5.41) is 0. The smallest absolute Gasteiger partial charge is 0.312 e. The van der Waals surface area contributed by atoms with Gasteiger partial charge in [0.15, 0.2) is 0 Å². The maximum Gasteiger partial charge on any atom is 0.312 e. The lowest BCUT2D eigenvalue weighted by atomic mass is 10.1. The monoisotopic (exact) mass is 459 g/mol. The lowest BCUT2D eigenvalue weighted by molar-refractivity contribution is 0.196. The fraction of sp³-hybridized carbons (Fsp3) is 0.333. The van der Waals surface area contributed by atoms with Gasteiger partial charge in [-0.25, -0.2) is 0 Å². The highest BCUT2D eigenvalue weighted by molar-refractivity contribution is 5.84. The largest absolute Gasteiger partial charge is 0.438 e. The second kappa shape index (κ2) is 19.6. The zero-order valence-corrected chi connectivity index (χ0v) is 20.9. The molecular formula is C27H39F2N3O. The molecule has 2 rings (SSSR count). The zero-order chi connectivity index (χ0) is 25.8. The molecule has 0 saturated carbocycles. The summed E-state index contributed by atoms with van der Waals surface area (Å²) in [5.41, 5.74) is 10.7. The van der Waals surface area contributed by atoms with Crippen LogP contribution in [0.15, 0.2) is 71.7 Å². The molecule has 0 aliphatic heterocycles. The summed E-state index contributed by atoms with van der Waals surface area (Å²) in [5.74, 6) is -0.442. The fourth-order valence-electron chi connectivity index (χ4n) is 2.22. The highest BCUT2D eigenvalue weighted by Gasteiger charge is 2.15. The summed E-state index contributed by atoms with van der Waals surface area (Å²) in [4.78, 5) is 6.62. The lowest BCUT2D eigenvalue weighted by Gasteiger charge is -2.10. The summed E-state index contributed by atoms with van der Waals surface area (Å²) in [6.45, 7) is 19.2. The molecule has 0 unspecified atom stereocenters. The number of alkyl halides is 2. The Hall–Kier alpha value is -3.12. The Morgan fingerprint density at radius 2 is 1.36 bits per heavy atom. The standard InChI is InChI=1S/C13H15F2NO.C10H13N.C2H5N.C2H6/c1-4-10-5-7-11(8-6-10)9(2)17-13(16-3)12(14)15;1-8(2)10-5-3-9(7-11)4-6-10;1-3-2;1-2/h5-8,12H,2,4H2,1,3H3;3-6H,1,7,11H2,2H3;1H2,2H3;1-2H3. The van der Waals surface area contributed by atoms with Crippen LogP contribution in [-0.4, -0.2) is 33.1 Å². The van der Waals surface area contributed by atoms with Gasteiger partial charge >= 0.3 is 6.43 Å². The molecule has 0 spiro atoms. The van der Waals surface area contributed by atoms with Crippen molar-refractivity contribution in [3.8, 4) is 0 Å². The van der Waals surface area contributed by atoms with Crippen LogP contribution >= 0.6 is 0 Å². The van der Waals surface area contributed by atoms with Crippen LogP contribution in [0.25, 0.3) is 11.3 Å². The first kappa shape index (κ1) is 32.1. The van der Waals surface area contributed by atoms with Gasteiger partial charge in [0, 0.05) is 26.2 Å². The average Bonchev–Trinajstić information content (AvgIpc) is 2.84. The molecule has 6 heteroatoms. The number of nitrogens with two attached hydrogens (primary N) is 1. The normalized spacial score (nSPS) is 9.82. The van der Waals surface area contributed by atoms with E-state index in [1.165, 1.54) is 18.2 Å². The summed E-state index contributed by atoms with van der Waals surface area (Å²) < 4.78 is 29.7. The molecule has 0 heterocycles. The Bertz CT molecular complexity index is 843. The minimum absolute atomic E-state index is 0.175. The van der Waals surface area contributed by atoms with E-state index in [1.54, 1.807) is 19.2 Å². The number of hydrogen-bond donors (Lipinski definition) is 1. The van der Waals surface area contributed by atoms with Crippen molar-refractivity contribution < 1.29 is 13.5 Å². The molecule has 0 aromatic heterocycles. The molecule has 0 aliphatic rings. The third-order valence-electron chi connectivity index (χ3n) is 4.00. The van der Waals surface area contributed by atoms with E-state index in [4.69, 9.17) is 10.5 Å². The Labute approximate surface area is 198 Å². The third kappa shape index (κ3) is 13.8. The van der Waals surface area contributed by atoms with E-state index in [0.29, 0.717) is 12.1 Å². The van der Waals surface area contributed by atoms with Gasteiger partial charge in [0.05, 0.1) is 0 Å². The molecule has 0 fully saturated rings. The average molecular weight is 460 g/mol. The molecule has 2 N–H and O–H groups in total. The van der Waals surface area contributed by atoms with Gasteiger partial charge in [0.2, 0.25) is 0 Å². The summed E-state index contributed by atoms with van der Waals surface area (Å²) >= 11 is 0. The van der Waals surface area contributed by atoms with Crippen molar-refractivity contribution in [1.82, 2.24) is 0 Å². The van der Waals surface area contributed by atoms with Crippen LogP contribution in [0, 0.1) is 0 Å². The highest BCUT2D eigenvalue weighted by atomic mass is 19.3. The van der Waals surface area contributed by atoms with Crippen LogP contribution < -0.4 is 5.73 Å². The van der Waals surface area contributed by atoms with Crippen LogP contribution in [0.2, 0.25) is 0 Å². The van der Waals surface area contributed by atoms with Gasteiger partial charge in [0.25, 0.3) is 5.90 Å². The second-order valence-electron chi connectivity index (χ2n) is 6.44. The van der Waals surface area contributed by atoms with Gasteiger partial charge in [-0.1, -0.05) is 88.0 Å². The molecule has 182 valence electrons. The number of ether oxygens (including phenoxy) is 1. The van der Waals surface area contributed by atoms with E-state index in [-0.39, 0.29) is 5.76 Å². The number of aryl methyl sites for hydroxylation is 1. The number of benzene rings is 2. The van der Waals surface area contributed by atoms with Crippen LogP contribution in [0.4, 0.5) is 8.78 Å². The third-order valence-corrected chi connectivity index (χ3v) is 4.00. The van der Waals surface area contributed by atoms with E-state index in [0.717, 1.165) is 17.6 Å². The predicted molar refractivity (Wildman–Crippen MR) is 141 cm³/mol. The van der Waals surface area contributed by atoms with Gasteiger partial charge in [-0.05, 0) is 36.8 Å². The highest BCUT2D eigenvalue weighted by Crippen LogP contribution is 2.17. The molecule has 33 heavy (non-hydrogen) atoms. The van der Waals surface area contributed by atoms with Gasteiger partial charge in [0.1, 0.15) is 5.76 Å². The van der Waals surface area contributed by atoms with Gasteiger partial charge in [-0.15, -0.1) is 0 Å². The summed E-state index contributed by atoms with van der Waals surface area (Å²) in [6, 6.07) is 15.6. The molecule has 0 radical (unpaired) electrons. The minimum Gasteiger partial charge on any atom is -0.438 e. The molecule has 0 amide bonds. The molecule has 0 saturated heterocycles. The molecule has 2 aromatic rings. The second-order valence-corrected chi connectivity index (χ2v) is 6.44. The Morgan fingerprint density at radius 1 is 0.939 bits per heavy atom. The number of nitrogens with zero attached hydrogens (tertiary/aromatic N) is 2. The van der Waals surface area contributed by atoms with E-state index in [9.17, 15) is 8.78 Å². The number of aliphatic imine (C=N–C) groups is 2. The van der Waals surface area contributed by atoms with Crippen molar-refractivity contribution in [2.24, 2.45) is 15.7 Å². The maximum atomic E-state index is 12.4. The molecule has 0 aliphatic carbocycles. The molecule has 0 atom stereocenters. The van der Waals surface area contributed by atoms with Crippen molar-refractivity contribution in [3.05, 3.63) is 83.9 Å². The number of hydrogen-bond acceptors (Lipinski definition) is 4. The Balaban J connectivity index is 0. The van der Waals surface area contributed by atoms with E-state index >= 15 is 0 Å². The molecule has 0 bridgehead atoms. The van der Waals surface area contributed by atoms with Crippen LogP contribution in [-0.2, 0) is 17.7 Å². The van der Waals surface area contributed by atoms with Crippen molar-refractivity contribution in [1.29, 1.82) is 0 Å². The van der Waals surface area contributed by atoms with Crippen molar-refractivity contribution in [2.75, 3.05) is 14.1 Å². The predicted octanol–water partition coefficient (Wildman–Crippen LogP) is 7.05. The quantitative estimate of drug-likeness (QED) is 0.286. The van der Waals surface area contributed by atoms with E-state index in [1.807, 2.05) is 64.1 Å². The van der Waals surface area contributed by atoms with Crippen LogP contribution in [0.5, 0.6) is 0 Å². The summed E-state index contributed by atoms with van der Waals surface area (Å²) in [6.07, 6.45) is -1.81. The van der Waals surface area contributed by atoms with Crippen molar-refractivity contribution in [2.45, 2.75) is 47.1 Å². The van der Waals surface area contributed by atoms with E-state index in [2.05, 4.69) is 29.9 Å². The lowest BCUT2D eigenvalue weighted by Crippen LogP contribution is -2.13. The first-order valence-electron chi connectivity index (χ1n) is 10.7. The molecule has 4 nitrogen and oxygen atoms in total. The SMILES string of the molecule is C=C(C)c1ccc(CN)cc1.C=C(OC(=NC)C(F)F)c1ccc(CC)cc1.C=NC.CC. The zero-order valence-electron chi connectivity index (χ0n) is 20.9. The Morgan fingerprint density at radius 3 is 1.70 bits per heavy atom. The Kier molecular flexibility index (Phi) is 19.0. The minimum atomic E-state index is -2.73. The van der Waals surface area contributed by atoms with Gasteiger partial charge in [-0.3, -0.25) is 4.99 Å². The number of rotatable bonds is 6. The van der Waals surface area contributed by atoms with Gasteiger partial charge in [-0.2, -0.15) is 8.78 Å². The van der Waals surface area contributed by atoms with Crippen molar-refractivity contribution >= 4 is 23.9 Å². The maximum absolute atomic E-state index is 12.4. The fourth-order valence-corrected chi connectivity index (χ4v) is 2.22. The molecule has 2 aromatic carbocycles. The van der Waals surface area contributed by atoms with Crippen LogP contribution in [0.1, 0.15) is 49.9 Å². The van der Waals surface area contributed by atoms with Gasteiger partial charge < -0.3 is 15.5 Å². The number of allylic oxidation sites excluding steroid dienone is 1. The molecular weight excluding hydrogens is 420 g/mol.